The molecule has 19 heavy (non-hydrogen) atoms. The van der Waals surface area contributed by atoms with E-state index in [-0.39, 0.29) is 11.3 Å². The zero-order chi connectivity index (χ0) is 14.2. The zero-order valence-corrected chi connectivity index (χ0v) is 10.9. The minimum absolute atomic E-state index is 0.214. The van der Waals surface area contributed by atoms with Crippen LogP contribution in [0.15, 0.2) is 12.1 Å². The highest BCUT2D eigenvalue weighted by atomic mass is 19.1. The van der Waals surface area contributed by atoms with Gasteiger partial charge >= 0.3 is 0 Å². The number of nitrogen functional groups attached to an aromatic ring is 1. The Balaban J connectivity index is 2.36. The molecular weight excluding hydrogens is 254 g/mol. The number of carbonyl (C=O) groups is 1. The van der Waals surface area contributed by atoms with Gasteiger partial charge in [0.05, 0.1) is 30.0 Å². The van der Waals surface area contributed by atoms with Crippen LogP contribution in [0, 0.1) is 11.6 Å². The summed E-state index contributed by atoms with van der Waals surface area (Å²) in [6, 6.07) is 1.68. The largest absolute Gasteiger partial charge is 0.396 e. The number of hydrogen-bond donors (Lipinski definition) is 1. The molecule has 104 valence electrons. The smallest absolute Gasteiger partial charge is 0.257 e. The minimum atomic E-state index is -0.904. The summed E-state index contributed by atoms with van der Waals surface area (Å²) in [4.78, 5) is 13.9. The fourth-order valence-corrected chi connectivity index (χ4v) is 2.11. The summed E-state index contributed by atoms with van der Waals surface area (Å²) in [6.45, 7) is 4.79. The number of halogens is 2. The number of benzene rings is 1. The van der Waals surface area contributed by atoms with Crippen LogP contribution in [0.2, 0.25) is 0 Å². The molecule has 1 amide bonds. The number of rotatable bonds is 1. The lowest BCUT2D eigenvalue weighted by Gasteiger charge is -2.42. The highest BCUT2D eigenvalue weighted by molar-refractivity contribution is 5.96. The first-order valence-electron chi connectivity index (χ1n) is 5.97. The Hall–Kier alpha value is -1.69. The normalized spacial score (nSPS) is 18.4. The fourth-order valence-electron chi connectivity index (χ4n) is 2.11. The standard InChI is InChI=1S/C13H16F2N2O2/c1-13(2)7-19-4-3-17(13)12(18)8-5-11(16)10(15)6-9(8)14/h5-6H,3-4,7,16H2,1-2H3. The van der Waals surface area contributed by atoms with Crippen LogP contribution in [-0.2, 0) is 4.74 Å². The van der Waals surface area contributed by atoms with Crippen molar-refractivity contribution in [3.05, 3.63) is 29.3 Å². The van der Waals surface area contributed by atoms with Gasteiger partial charge in [-0.2, -0.15) is 0 Å². The molecule has 2 rings (SSSR count). The third kappa shape index (κ3) is 2.53. The van der Waals surface area contributed by atoms with E-state index in [9.17, 15) is 13.6 Å². The summed E-state index contributed by atoms with van der Waals surface area (Å²) in [7, 11) is 0. The van der Waals surface area contributed by atoms with Gasteiger partial charge in [0, 0.05) is 12.6 Å². The van der Waals surface area contributed by atoms with Crippen molar-refractivity contribution < 1.29 is 18.3 Å². The molecule has 0 bridgehead atoms. The first-order chi connectivity index (χ1) is 8.83. The molecule has 6 heteroatoms. The van der Waals surface area contributed by atoms with Crippen molar-refractivity contribution in [2.75, 3.05) is 25.5 Å². The molecule has 1 fully saturated rings. The van der Waals surface area contributed by atoms with E-state index in [0.717, 1.165) is 6.07 Å². The predicted molar refractivity (Wildman–Crippen MR) is 66.7 cm³/mol. The van der Waals surface area contributed by atoms with E-state index in [1.165, 1.54) is 4.90 Å². The molecule has 1 aliphatic rings. The summed E-state index contributed by atoms with van der Waals surface area (Å²) in [5.41, 5.74) is 4.40. The van der Waals surface area contributed by atoms with Crippen LogP contribution in [0.1, 0.15) is 24.2 Å². The molecule has 1 aromatic rings. The van der Waals surface area contributed by atoms with E-state index in [0.29, 0.717) is 25.8 Å². The van der Waals surface area contributed by atoms with Gasteiger partial charge in [0.15, 0.2) is 0 Å². The van der Waals surface area contributed by atoms with Gasteiger partial charge in [0.2, 0.25) is 0 Å². The molecular formula is C13H16F2N2O2. The van der Waals surface area contributed by atoms with Crippen LogP contribution < -0.4 is 5.73 Å². The Bertz CT molecular complexity index is 518. The molecule has 2 N–H and O–H groups in total. The molecule has 0 aromatic heterocycles. The molecule has 1 heterocycles. The molecule has 1 saturated heterocycles. The van der Waals surface area contributed by atoms with Crippen LogP contribution in [0.5, 0.6) is 0 Å². The summed E-state index contributed by atoms with van der Waals surface area (Å²) in [5.74, 6) is -2.27. The average Bonchev–Trinajstić information content (AvgIpc) is 2.32. The van der Waals surface area contributed by atoms with E-state index in [1.807, 2.05) is 13.8 Å². The minimum Gasteiger partial charge on any atom is -0.396 e. The van der Waals surface area contributed by atoms with Gasteiger partial charge in [0.1, 0.15) is 11.6 Å². The van der Waals surface area contributed by atoms with Crippen molar-refractivity contribution in [1.82, 2.24) is 4.90 Å². The average molecular weight is 270 g/mol. The Kier molecular flexibility index (Phi) is 3.45. The highest BCUT2D eigenvalue weighted by Crippen LogP contribution is 2.24. The van der Waals surface area contributed by atoms with E-state index in [2.05, 4.69) is 0 Å². The molecule has 0 unspecified atom stereocenters. The Morgan fingerprint density at radius 3 is 2.68 bits per heavy atom. The van der Waals surface area contributed by atoms with Crippen molar-refractivity contribution in [2.24, 2.45) is 0 Å². The summed E-state index contributed by atoms with van der Waals surface area (Å²) >= 11 is 0. The van der Waals surface area contributed by atoms with Crippen molar-refractivity contribution in [1.29, 1.82) is 0 Å². The molecule has 0 saturated carbocycles. The number of anilines is 1. The monoisotopic (exact) mass is 270 g/mol. The van der Waals surface area contributed by atoms with Crippen LogP contribution in [0.4, 0.5) is 14.5 Å². The number of nitrogens with zero attached hydrogens (tertiary/aromatic N) is 1. The van der Waals surface area contributed by atoms with Gasteiger partial charge in [-0.05, 0) is 19.9 Å². The van der Waals surface area contributed by atoms with E-state index in [1.54, 1.807) is 0 Å². The molecule has 0 radical (unpaired) electrons. The molecule has 1 aliphatic heterocycles. The second-order valence-corrected chi connectivity index (χ2v) is 5.18. The Morgan fingerprint density at radius 1 is 1.37 bits per heavy atom. The maximum Gasteiger partial charge on any atom is 0.257 e. The Morgan fingerprint density at radius 2 is 2.05 bits per heavy atom. The zero-order valence-electron chi connectivity index (χ0n) is 10.9. The fraction of sp³-hybridized carbons (Fsp3) is 0.462. The molecule has 0 aliphatic carbocycles. The maximum atomic E-state index is 13.7. The van der Waals surface area contributed by atoms with Crippen molar-refractivity contribution >= 4 is 11.6 Å². The SMILES string of the molecule is CC1(C)COCCN1C(=O)c1cc(N)c(F)cc1F. The lowest BCUT2D eigenvalue weighted by atomic mass is 10.0. The lowest BCUT2D eigenvalue weighted by Crippen LogP contribution is -2.55. The van der Waals surface area contributed by atoms with Crippen LogP contribution in [-0.4, -0.2) is 36.1 Å². The lowest BCUT2D eigenvalue weighted by molar-refractivity contribution is -0.0372. The van der Waals surface area contributed by atoms with Crippen LogP contribution in [0.25, 0.3) is 0 Å². The topological polar surface area (TPSA) is 55.6 Å². The maximum absolute atomic E-state index is 13.7. The summed E-state index contributed by atoms with van der Waals surface area (Å²) < 4.78 is 32.1. The van der Waals surface area contributed by atoms with Crippen molar-refractivity contribution in [3.63, 3.8) is 0 Å². The van der Waals surface area contributed by atoms with Gasteiger partial charge in [-0.3, -0.25) is 4.79 Å². The number of amides is 1. The first-order valence-corrected chi connectivity index (χ1v) is 5.97. The highest BCUT2D eigenvalue weighted by Gasteiger charge is 2.35. The summed E-state index contributed by atoms with van der Waals surface area (Å²) in [6.07, 6.45) is 0. The number of hydrogen-bond acceptors (Lipinski definition) is 3. The quantitative estimate of drug-likeness (QED) is 0.792. The van der Waals surface area contributed by atoms with Gasteiger partial charge in [-0.1, -0.05) is 0 Å². The third-order valence-corrected chi connectivity index (χ3v) is 3.21. The van der Waals surface area contributed by atoms with E-state index < -0.39 is 23.1 Å². The Labute approximate surface area is 110 Å². The van der Waals surface area contributed by atoms with Crippen molar-refractivity contribution in [2.45, 2.75) is 19.4 Å². The van der Waals surface area contributed by atoms with Gasteiger partial charge in [-0.25, -0.2) is 8.78 Å². The van der Waals surface area contributed by atoms with Gasteiger partial charge < -0.3 is 15.4 Å². The number of carbonyl (C=O) groups excluding carboxylic acids is 1. The van der Waals surface area contributed by atoms with Crippen LogP contribution >= 0.6 is 0 Å². The van der Waals surface area contributed by atoms with Gasteiger partial charge in [-0.15, -0.1) is 0 Å². The second kappa shape index (κ2) is 4.77. The third-order valence-electron chi connectivity index (χ3n) is 3.21. The molecule has 4 nitrogen and oxygen atoms in total. The number of ether oxygens (including phenoxy) is 1. The second-order valence-electron chi connectivity index (χ2n) is 5.18. The summed E-state index contributed by atoms with van der Waals surface area (Å²) in [5, 5.41) is 0. The molecule has 0 spiro atoms. The molecule has 0 atom stereocenters. The number of morpholine rings is 1. The number of nitrogens with two attached hydrogens (primary N) is 1. The molecule has 1 aromatic carbocycles. The first kappa shape index (κ1) is 13.7. The van der Waals surface area contributed by atoms with Crippen LogP contribution in [0.3, 0.4) is 0 Å². The van der Waals surface area contributed by atoms with E-state index >= 15 is 0 Å². The van der Waals surface area contributed by atoms with Crippen molar-refractivity contribution in [3.8, 4) is 0 Å². The van der Waals surface area contributed by atoms with Gasteiger partial charge in [0.25, 0.3) is 5.91 Å². The predicted octanol–water partition coefficient (Wildman–Crippen LogP) is 1.80. The van der Waals surface area contributed by atoms with E-state index in [4.69, 9.17) is 10.5 Å².